The SMILES string of the molecule is Cc1cc(F)ccc1CNCC1(C(N)=O)CCOCC1. The molecule has 0 aliphatic carbocycles. The van der Waals surface area contributed by atoms with Gasteiger partial charge in [0.25, 0.3) is 0 Å². The van der Waals surface area contributed by atoms with Crippen molar-refractivity contribution < 1.29 is 13.9 Å². The van der Waals surface area contributed by atoms with E-state index in [9.17, 15) is 9.18 Å². The first-order valence-electron chi connectivity index (χ1n) is 6.87. The summed E-state index contributed by atoms with van der Waals surface area (Å²) in [5.41, 5.74) is 6.95. The fraction of sp³-hybridized carbons (Fsp3) is 0.533. The van der Waals surface area contributed by atoms with Gasteiger partial charge in [0.2, 0.25) is 5.91 Å². The second-order valence-corrected chi connectivity index (χ2v) is 5.43. The minimum atomic E-state index is -0.522. The molecule has 0 aromatic heterocycles. The summed E-state index contributed by atoms with van der Waals surface area (Å²) in [5.74, 6) is -0.506. The van der Waals surface area contributed by atoms with Gasteiger partial charge in [0.05, 0.1) is 5.41 Å². The summed E-state index contributed by atoms with van der Waals surface area (Å²) in [6.45, 7) is 4.14. The molecule has 1 fully saturated rings. The quantitative estimate of drug-likeness (QED) is 0.859. The Morgan fingerprint density at radius 3 is 2.75 bits per heavy atom. The van der Waals surface area contributed by atoms with Gasteiger partial charge in [0.1, 0.15) is 5.82 Å². The van der Waals surface area contributed by atoms with Crippen LogP contribution < -0.4 is 11.1 Å². The maximum absolute atomic E-state index is 13.0. The van der Waals surface area contributed by atoms with Crippen LogP contribution in [0.3, 0.4) is 0 Å². The van der Waals surface area contributed by atoms with Gasteiger partial charge in [-0.3, -0.25) is 4.79 Å². The molecule has 0 unspecified atom stereocenters. The Kier molecular flexibility index (Phi) is 4.73. The molecule has 1 aromatic rings. The summed E-state index contributed by atoms with van der Waals surface area (Å²) in [7, 11) is 0. The van der Waals surface area contributed by atoms with Crippen molar-refractivity contribution in [3.63, 3.8) is 0 Å². The molecule has 1 aliphatic rings. The van der Waals surface area contributed by atoms with Crippen LogP contribution in [0.1, 0.15) is 24.0 Å². The second kappa shape index (κ2) is 6.33. The highest BCUT2D eigenvalue weighted by atomic mass is 19.1. The Hall–Kier alpha value is -1.46. The van der Waals surface area contributed by atoms with Gasteiger partial charge < -0.3 is 15.8 Å². The molecule has 0 spiro atoms. The fourth-order valence-corrected chi connectivity index (χ4v) is 2.57. The summed E-state index contributed by atoms with van der Waals surface area (Å²) in [6, 6.07) is 4.72. The Morgan fingerprint density at radius 2 is 2.15 bits per heavy atom. The third-order valence-electron chi connectivity index (χ3n) is 4.06. The number of amides is 1. The van der Waals surface area contributed by atoms with Crippen molar-refractivity contribution in [3.8, 4) is 0 Å². The monoisotopic (exact) mass is 280 g/mol. The summed E-state index contributed by atoms with van der Waals surface area (Å²) in [4.78, 5) is 11.7. The molecule has 5 heteroatoms. The van der Waals surface area contributed by atoms with Crippen molar-refractivity contribution in [1.29, 1.82) is 0 Å². The van der Waals surface area contributed by atoms with Crippen LogP contribution in [-0.4, -0.2) is 25.7 Å². The van der Waals surface area contributed by atoms with Crippen LogP contribution in [-0.2, 0) is 16.1 Å². The van der Waals surface area contributed by atoms with Gasteiger partial charge >= 0.3 is 0 Å². The van der Waals surface area contributed by atoms with Gasteiger partial charge in [-0.25, -0.2) is 4.39 Å². The van der Waals surface area contributed by atoms with Crippen molar-refractivity contribution in [2.45, 2.75) is 26.3 Å². The molecule has 1 amide bonds. The van der Waals surface area contributed by atoms with E-state index in [1.165, 1.54) is 12.1 Å². The van der Waals surface area contributed by atoms with E-state index < -0.39 is 5.41 Å². The molecule has 4 nitrogen and oxygen atoms in total. The van der Waals surface area contributed by atoms with E-state index in [0.717, 1.165) is 11.1 Å². The van der Waals surface area contributed by atoms with E-state index in [4.69, 9.17) is 10.5 Å². The average molecular weight is 280 g/mol. The first-order valence-corrected chi connectivity index (χ1v) is 6.87. The standard InChI is InChI=1S/C15H21FN2O2/c1-11-8-13(16)3-2-12(11)9-18-10-15(14(17)19)4-6-20-7-5-15/h2-3,8,18H,4-7,9-10H2,1H3,(H2,17,19). The van der Waals surface area contributed by atoms with E-state index >= 15 is 0 Å². The highest BCUT2D eigenvalue weighted by Crippen LogP contribution is 2.29. The lowest BCUT2D eigenvalue weighted by molar-refractivity contribution is -0.132. The molecule has 1 saturated heterocycles. The number of nitrogens with two attached hydrogens (primary N) is 1. The lowest BCUT2D eigenvalue weighted by Crippen LogP contribution is -2.48. The van der Waals surface area contributed by atoms with Gasteiger partial charge in [-0.1, -0.05) is 6.07 Å². The van der Waals surface area contributed by atoms with E-state index in [-0.39, 0.29) is 11.7 Å². The minimum absolute atomic E-state index is 0.232. The number of aryl methyl sites for hydroxylation is 1. The van der Waals surface area contributed by atoms with Crippen LogP contribution in [0.4, 0.5) is 4.39 Å². The number of hydrogen-bond acceptors (Lipinski definition) is 3. The predicted octanol–water partition coefficient (Wildman–Crippen LogP) is 1.51. The smallest absolute Gasteiger partial charge is 0.225 e. The zero-order valence-corrected chi connectivity index (χ0v) is 11.7. The molecule has 0 saturated carbocycles. The van der Waals surface area contributed by atoms with Crippen LogP contribution in [0.5, 0.6) is 0 Å². The fourth-order valence-electron chi connectivity index (χ4n) is 2.57. The minimum Gasteiger partial charge on any atom is -0.381 e. The zero-order valence-electron chi connectivity index (χ0n) is 11.7. The molecule has 0 atom stereocenters. The van der Waals surface area contributed by atoms with Gasteiger partial charge in [-0.05, 0) is 43.0 Å². The van der Waals surface area contributed by atoms with Gasteiger partial charge in [0, 0.05) is 26.3 Å². The lowest BCUT2D eigenvalue weighted by atomic mass is 9.79. The van der Waals surface area contributed by atoms with Crippen LogP contribution in [0.15, 0.2) is 18.2 Å². The molecule has 3 N–H and O–H groups in total. The normalized spacial score (nSPS) is 17.9. The van der Waals surface area contributed by atoms with Gasteiger partial charge in [0.15, 0.2) is 0 Å². The molecular formula is C15H21FN2O2. The summed E-state index contributed by atoms with van der Waals surface area (Å²) in [6.07, 6.45) is 1.30. The van der Waals surface area contributed by atoms with Gasteiger partial charge in [-0.15, -0.1) is 0 Å². The zero-order chi connectivity index (χ0) is 14.6. The Bertz CT molecular complexity index is 485. The maximum Gasteiger partial charge on any atom is 0.225 e. The number of rotatable bonds is 5. The molecule has 0 bridgehead atoms. The third-order valence-corrected chi connectivity index (χ3v) is 4.06. The second-order valence-electron chi connectivity index (χ2n) is 5.43. The first kappa shape index (κ1) is 14.9. The number of ether oxygens (including phenoxy) is 1. The maximum atomic E-state index is 13.0. The number of carbonyl (C=O) groups is 1. The van der Waals surface area contributed by atoms with E-state index in [1.807, 2.05) is 6.92 Å². The van der Waals surface area contributed by atoms with E-state index in [0.29, 0.717) is 39.1 Å². The predicted molar refractivity (Wildman–Crippen MR) is 74.5 cm³/mol. The largest absolute Gasteiger partial charge is 0.381 e. The number of carbonyl (C=O) groups excluding carboxylic acids is 1. The number of benzene rings is 1. The number of nitrogens with one attached hydrogen (secondary N) is 1. The highest BCUT2D eigenvalue weighted by Gasteiger charge is 2.37. The number of hydrogen-bond donors (Lipinski definition) is 2. The molecule has 1 aromatic carbocycles. The molecule has 1 heterocycles. The molecule has 20 heavy (non-hydrogen) atoms. The summed E-state index contributed by atoms with van der Waals surface area (Å²) < 4.78 is 18.3. The molecular weight excluding hydrogens is 259 g/mol. The first-order chi connectivity index (χ1) is 9.53. The van der Waals surface area contributed by atoms with E-state index in [1.54, 1.807) is 6.07 Å². The molecule has 1 aliphatic heterocycles. The van der Waals surface area contributed by atoms with Crippen LogP contribution >= 0.6 is 0 Å². The van der Waals surface area contributed by atoms with Gasteiger partial charge in [-0.2, -0.15) is 0 Å². The van der Waals surface area contributed by atoms with E-state index in [2.05, 4.69) is 5.32 Å². The Labute approximate surface area is 118 Å². The number of halogens is 1. The molecule has 2 rings (SSSR count). The van der Waals surface area contributed by atoms with Crippen molar-refractivity contribution >= 4 is 5.91 Å². The van der Waals surface area contributed by atoms with Crippen LogP contribution in [0.2, 0.25) is 0 Å². The van der Waals surface area contributed by atoms with Crippen molar-refractivity contribution in [2.24, 2.45) is 11.1 Å². The van der Waals surface area contributed by atoms with Crippen LogP contribution in [0.25, 0.3) is 0 Å². The summed E-state index contributed by atoms with van der Waals surface area (Å²) >= 11 is 0. The van der Waals surface area contributed by atoms with Crippen molar-refractivity contribution in [3.05, 3.63) is 35.1 Å². The summed E-state index contributed by atoms with van der Waals surface area (Å²) in [5, 5.41) is 3.28. The van der Waals surface area contributed by atoms with Crippen LogP contribution in [0, 0.1) is 18.2 Å². The topological polar surface area (TPSA) is 64.3 Å². The van der Waals surface area contributed by atoms with Crippen molar-refractivity contribution in [1.82, 2.24) is 5.32 Å². The Balaban J connectivity index is 1.95. The number of primary amides is 1. The lowest BCUT2D eigenvalue weighted by Gasteiger charge is -2.34. The highest BCUT2D eigenvalue weighted by molar-refractivity contribution is 5.81. The molecule has 0 radical (unpaired) electrons. The average Bonchev–Trinajstić information content (AvgIpc) is 2.42. The van der Waals surface area contributed by atoms with Crippen molar-refractivity contribution in [2.75, 3.05) is 19.8 Å². The third kappa shape index (κ3) is 3.35. The Morgan fingerprint density at radius 1 is 1.45 bits per heavy atom. The molecule has 110 valence electrons.